The Kier molecular flexibility index (Phi) is 3.28. The van der Waals surface area contributed by atoms with Gasteiger partial charge in [-0.3, -0.25) is 0 Å². The number of pyridine rings is 1. The van der Waals surface area contributed by atoms with E-state index in [4.69, 9.17) is 4.98 Å². The average molecular weight is 255 g/mol. The van der Waals surface area contributed by atoms with Crippen LogP contribution in [0, 0.1) is 6.92 Å². The zero-order chi connectivity index (χ0) is 13.2. The van der Waals surface area contributed by atoms with Gasteiger partial charge in [0.05, 0.1) is 11.9 Å². The summed E-state index contributed by atoms with van der Waals surface area (Å²) in [4.78, 5) is 7.14. The molecule has 3 heteroatoms. The quantitative estimate of drug-likeness (QED) is 0.889. The number of piperidine rings is 1. The highest BCUT2D eigenvalue weighted by Gasteiger charge is 2.16. The van der Waals surface area contributed by atoms with E-state index in [1.807, 2.05) is 13.2 Å². The van der Waals surface area contributed by atoms with E-state index >= 15 is 0 Å². The number of nitrogens with one attached hydrogen (secondary N) is 1. The number of aromatic nitrogens is 1. The minimum Gasteiger partial charge on any atom is -0.386 e. The molecule has 1 fully saturated rings. The Morgan fingerprint density at radius 3 is 2.68 bits per heavy atom. The van der Waals surface area contributed by atoms with Gasteiger partial charge in [0, 0.05) is 30.9 Å². The largest absolute Gasteiger partial charge is 0.386 e. The lowest BCUT2D eigenvalue weighted by Crippen LogP contribution is -2.30. The summed E-state index contributed by atoms with van der Waals surface area (Å²) in [5.41, 5.74) is 2.43. The maximum atomic E-state index is 4.71. The Hall–Kier alpha value is -1.77. The maximum Gasteiger partial charge on any atom is 0.136 e. The molecule has 100 valence electrons. The molecule has 1 saturated heterocycles. The van der Waals surface area contributed by atoms with Gasteiger partial charge in [-0.25, -0.2) is 4.98 Å². The van der Waals surface area contributed by atoms with E-state index < -0.39 is 0 Å². The molecule has 0 unspecified atom stereocenters. The van der Waals surface area contributed by atoms with Crippen LogP contribution in [0.3, 0.4) is 0 Å². The van der Waals surface area contributed by atoms with Crippen molar-refractivity contribution in [2.24, 2.45) is 0 Å². The van der Waals surface area contributed by atoms with E-state index in [1.54, 1.807) is 0 Å². The third kappa shape index (κ3) is 2.14. The summed E-state index contributed by atoms with van der Waals surface area (Å²) in [6.45, 7) is 4.44. The van der Waals surface area contributed by atoms with Gasteiger partial charge in [0.1, 0.15) is 5.82 Å². The molecular formula is C16H21N3. The lowest BCUT2D eigenvalue weighted by Gasteiger charge is -2.29. The Bertz CT molecular complexity index is 586. The van der Waals surface area contributed by atoms with Gasteiger partial charge in [-0.1, -0.05) is 18.2 Å². The Labute approximate surface area is 114 Å². The number of nitrogens with zero attached hydrogens (tertiary/aromatic N) is 2. The predicted octanol–water partition coefficient (Wildman–Crippen LogP) is 3.58. The third-order valence-corrected chi connectivity index (χ3v) is 4.02. The molecule has 3 rings (SSSR count). The lowest BCUT2D eigenvalue weighted by molar-refractivity contribution is 0.575. The second kappa shape index (κ2) is 5.08. The fourth-order valence-corrected chi connectivity index (χ4v) is 3.02. The number of anilines is 2. The lowest BCUT2D eigenvalue weighted by atomic mass is 10.0. The van der Waals surface area contributed by atoms with Gasteiger partial charge < -0.3 is 10.2 Å². The summed E-state index contributed by atoms with van der Waals surface area (Å²) in [6, 6.07) is 6.50. The van der Waals surface area contributed by atoms with Crippen LogP contribution in [-0.2, 0) is 0 Å². The van der Waals surface area contributed by atoms with E-state index in [9.17, 15) is 0 Å². The molecule has 1 aromatic carbocycles. The smallest absolute Gasteiger partial charge is 0.136 e. The van der Waals surface area contributed by atoms with Gasteiger partial charge >= 0.3 is 0 Å². The van der Waals surface area contributed by atoms with Crippen LogP contribution >= 0.6 is 0 Å². The zero-order valence-corrected chi connectivity index (χ0v) is 11.7. The topological polar surface area (TPSA) is 28.2 Å². The van der Waals surface area contributed by atoms with E-state index in [1.165, 1.54) is 35.6 Å². The molecule has 0 atom stereocenters. The maximum absolute atomic E-state index is 4.71. The van der Waals surface area contributed by atoms with E-state index in [-0.39, 0.29) is 0 Å². The van der Waals surface area contributed by atoms with E-state index in [0.29, 0.717) is 0 Å². The monoisotopic (exact) mass is 255 g/mol. The summed E-state index contributed by atoms with van der Waals surface area (Å²) in [7, 11) is 1.96. The molecule has 3 nitrogen and oxygen atoms in total. The molecule has 0 bridgehead atoms. The molecule has 0 aliphatic carbocycles. The van der Waals surface area contributed by atoms with Gasteiger partial charge in [0.25, 0.3) is 0 Å². The Balaban J connectivity index is 2.18. The van der Waals surface area contributed by atoms with Crippen molar-refractivity contribution in [2.45, 2.75) is 26.2 Å². The van der Waals surface area contributed by atoms with Crippen LogP contribution in [0.15, 0.2) is 24.4 Å². The van der Waals surface area contributed by atoms with Crippen molar-refractivity contribution in [3.05, 3.63) is 30.0 Å². The summed E-state index contributed by atoms with van der Waals surface area (Å²) >= 11 is 0. The molecule has 1 aliphatic heterocycles. The number of rotatable bonds is 2. The summed E-state index contributed by atoms with van der Waals surface area (Å²) < 4.78 is 0. The van der Waals surface area contributed by atoms with Crippen molar-refractivity contribution in [3.63, 3.8) is 0 Å². The van der Waals surface area contributed by atoms with Gasteiger partial charge in [0.15, 0.2) is 0 Å². The average Bonchev–Trinajstić information content (AvgIpc) is 2.47. The van der Waals surface area contributed by atoms with Crippen LogP contribution in [0.4, 0.5) is 11.5 Å². The van der Waals surface area contributed by atoms with Crippen molar-refractivity contribution in [2.75, 3.05) is 30.4 Å². The molecule has 0 saturated carbocycles. The second-order valence-electron chi connectivity index (χ2n) is 5.29. The molecule has 2 heterocycles. The molecule has 1 N–H and O–H groups in total. The number of hydrogen-bond acceptors (Lipinski definition) is 3. The van der Waals surface area contributed by atoms with Gasteiger partial charge in [-0.2, -0.15) is 0 Å². The third-order valence-electron chi connectivity index (χ3n) is 4.02. The molecule has 0 amide bonds. The summed E-state index contributed by atoms with van der Waals surface area (Å²) in [6.07, 6.45) is 5.88. The first-order valence-corrected chi connectivity index (χ1v) is 7.12. The van der Waals surface area contributed by atoms with Crippen LogP contribution < -0.4 is 10.2 Å². The van der Waals surface area contributed by atoms with E-state index in [2.05, 4.69) is 35.3 Å². The summed E-state index contributed by atoms with van der Waals surface area (Å²) in [5, 5.41) is 5.84. The molecule has 2 aromatic rings. The van der Waals surface area contributed by atoms with Crippen molar-refractivity contribution in [3.8, 4) is 0 Å². The van der Waals surface area contributed by atoms with Gasteiger partial charge in [0.2, 0.25) is 0 Å². The molecule has 0 radical (unpaired) electrons. The SMILES string of the molecule is CNc1cnc(N2CCCCC2)c2cccc(C)c12. The standard InChI is InChI=1S/C16H21N3/c1-12-7-6-8-13-15(12)14(17-2)11-18-16(13)19-9-4-3-5-10-19/h6-8,11,17H,3-5,9-10H2,1-2H3. The zero-order valence-electron chi connectivity index (χ0n) is 11.7. The number of benzene rings is 1. The molecule has 19 heavy (non-hydrogen) atoms. The second-order valence-corrected chi connectivity index (χ2v) is 5.29. The van der Waals surface area contributed by atoms with Crippen LogP contribution in [0.25, 0.3) is 10.8 Å². The Morgan fingerprint density at radius 1 is 1.16 bits per heavy atom. The van der Waals surface area contributed by atoms with Crippen LogP contribution in [-0.4, -0.2) is 25.1 Å². The summed E-state index contributed by atoms with van der Waals surface area (Å²) in [5.74, 6) is 1.15. The Morgan fingerprint density at radius 2 is 1.95 bits per heavy atom. The van der Waals surface area contributed by atoms with Crippen molar-refractivity contribution < 1.29 is 0 Å². The molecule has 1 aromatic heterocycles. The van der Waals surface area contributed by atoms with E-state index in [0.717, 1.165) is 24.6 Å². The van der Waals surface area contributed by atoms with Gasteiger partial charge in [-0.05, 0) is 31.7 Å². The highest BCUT2D eigenvalue weighted by Crippen LogP contribution is 2.33. The highest BCUT2D eigenvalue weighted by atomic mass is 15.2. The highest BCUT2D eigenvalue weighted by molar-refractivity contribution is 6.02. The molecular weight excluding hydrogens is 234 g/mol. The fraction of sp³-hybridized carbons (Fsp3) is 0.438. The van der Waals surface area contributed by atoms with Crippen LogP contribution in [0.5, 0.6) is 0 Å². The minimum atomic E-state index is 1.12. The first-order valence-electron chi connectivity index (χ1n) is 7.12. The first kappa shape index (κ1) is 12.3. The fourth-order valence-electron chi connectivity index (χ4n) is 3.02. The van der Waals surface area contributed by atoms with Crippen LogP contribution in [0.1, 0.15) is 24.8 Å². The number of fused-ring (bicyclic) bond motifs is 1. The van der Waals surface area contributed by atoms with Gasteiger partial charge in [-0.15, -0.1) is 0 Å². The van der Waals surface area contributed by atoms with Crippen LogP contribution in [0.2, 0.25) is 0 Å². The molecule has 1 aliphatic rings. The first-order chi connectivity index (χ1) is 9.31. The number of aryl methyl sites for hydroxylation is 1. The molecule has 0 spiro atoms. The predicted molar refractivity (Wildman–Crippen MR) is 82.1 cm³/mol. The minimum absolute atomic E-state index is 1.12. The number of hydrogen-bond donors (Lipinski definition) is 1. The normalized spacial score (nSPS) is 15.8. The van der Waals surface area contributed by atoms with Crippen molar-refractivity contribution in [1.29, 1.82) is 0 Å². The van der Waals surface area contributed by atoms with Crippen molar-refractivity contribution >= 4 is 22.3 Å². The van der Waals surface area contributed by atoms with Crippen molar-refractivity contribution in [1.82, 2.24) is 4.98 Å².